The summed E-state index contributed by atoms with van der Waals surface area (Å²) < 4.78 is 35.5. The number of aromatic nitrogens is 2. The van der Waals surface area contributed by atoms with Crippen molar-refractivity contribution in [3.63, 3.8) is 0 Å². The topological polar surface area (TPSA) is 51.9 Å². The zero-order valence-corrected chi connectivity index (χ0v) is 19.2. The Bertz CT molecular complexity index is 1250. The van der Waals surface area contributed by atoms with Crippen LogP contribution in [0.15, 0.2) is 59.7 Å². The van der Waals surface area contributed by atoms with E-state index in [1.54, 1.807) is 13.4 Å². The Morgan fingerprint density at radius 3 is 2.71 bits per heavy atom. The molecule has 1 atom stereocenters. The number of halogens is 2. The molecule has 3 heterocycles. The fourth-order valence-electron chi connectivity index (χ4n) is 4.69. The molecule has 176 valence electrons. The van der Waals surface area contributed by atoms with Crippen molar-refractivity contribution >= 4 is 11.9 Å². The summed E-state index contributed by atoms with van der Waals surface area (Å²) in [5.74, 6) is 0.289. The van der Waals surface area contributed by atoms with Gasteiger partial charge in [-0.2, -0.15) is 0 Å². The number of imidazole rings is 1. The first kappa shape index (κ1) is 22.1. The lowest BCUT2D eigenvalue weighted by Gasteiger charge is -2.36. The van der Waals surface area contributed by atoms with Crippen molar-refractivity contribution in [3.8, 4) is 11.4 Å². The minimum Gasteiger partial charge on any atom is -0.495 e. The molecule has 0 aliphatic carbocycles. The molecule has 2 aromatic carbocycles. The van der Waals surface area contributed by atoms with E-state index in [0.717, 1.165) is 53.7 Å². The van der Waals surface area contributed by atoms with Gasteiger partial charge in [0.15, 0.2) is 5.84 Å². The highest BCUT2D eigenvalue weighted by Gasteiger charge is 2.32. The number of oxime groups is 1. The molecule has 1 fully saturated rings. The fourth-order valence-corrected chi connectivity index (χ4v) is 4.69. The number of hydrogen-bond donors (Lipinski definition) is 0. The van der Waals surface area contributed by atoms with Crippen LogP contribution in [-0.2, 0) is 4.84 Å². The minimum atomic E-state index is -0.577. The Kier molecular flexibility index (Phi) is 6.04. The molecule has 8 heteroatoms. The van der Waals surface area contributed by atoms with E-state index >= 15 is 0 Å². The van der Waals surface area contributed by atoms with Gasteiger partial charge >= 0.3 is 0 Å². The zero-order chi connectivity index (χ0) is 23.7. The minimum absolute atomic E-state index is 0.212. The van der Waals surface area contributed by atoms with Gasteiger partial charge in [-0.3, -0.25) is 0 Å². The van der Waals surface area contributed by atoms with E-state index < -0.39 is 11.6 Å². The summed E-state index contributed by atoms with van der Waals surface area (Å²) in [6.07, 6.45) is 8.11. The molecule has 0 radical (unpaired) electrons. The van der Waals surface area contributed by atoms with Crippen LogP contribution in [0, 0.1) is 18.6 Å². The number of fused-ring (bicyclic) bond motifs is 1. The van der Waals surface area contributed by atoms with Crippen LogP contribution in [0.1, 0.15) is 42.1 Å². The summed E-state index contributed by atoms with van der Waals surface area (Å²) in [6, 6.07) is 9.49. The molecule has 0 bridgehead atoms. The van der Waals surface area contributed by atoms with Gasteiger partial charge in [0.1, 0.15) is 24.0 Å². The number of ether oxygens (including phenoxy) is 1. The molecule has 0 unspecified atom stereocenters. The first-order chi connectivity index (χ1) is 16.5. The maximum absolute atomic E-state index is 14.0. The van der Waals surface area contributed by atoms with E-state index in [4.69, 9.17) is 9.57 Å². The second-order valence-electron chi connectivity index (χ2n) is 8.58. The lowest BCUT2D eigenvalue weighted by atomic mass is 9.95. The van der Waals surface area contributed by atoms with Crippen LogP contribution in [0.25, 0.3) is 11.8 Å². The normalized spacial score (nSPS) is 19.3. The van der Waals surface area contributed by atoms with Crippen LogP contribution in [0.4, 0.5) is 8.78 Å². The molecule has 34 heavy (non-hydrogen) atoms. The monoisotopic (exact) mass is 464 g/mol. The van der Waals surface area contributed by atoms with E-state index in [-0.39, 0.29) is 6.04 Å². The third kappa shape index (κ3) is 4.40. The highest BCUT2D eigenvalue weighted by molar-refractivity contribution is 6.02. The van der Waals surface area contributed by atoms with Gasteiger partial charge in [0.05, 0.1) is 30.9 Å². The van der Waals surface area contributed by atoms with Crippen molar-refractivity contribution in [2.45, 2.75) is 32.2 Å². The van der Waals surface area contributed by atoms with Gasteiger partial charge in [-0.15, -0.1) is 0 Å². The number of methoxy groups -OCH3 is 1. The predicted octanol–water partition coefficient (Wildman–Crippen LogP) is 5.42. The van der Waals surface area contributed by atoms with Crippen LogP contribution in [0.5, 0.6) is 5.75 Å². The standard InChI is InChI=1S/C26H26F2N4O2/c1-17-15-31(16-29-17)24-6-5-18(11-25(24)33-2)10-19-4-3-8-32-23(7-9-34-30-26(19)32)20-12-21(27)14-22(28)13-20/h5-6,10-16,23H,3-4,7-9H2,1-2H3/b19-10+/t23-/m0/s1. The number of aryl methyl sites for hydroxylation is 1. The third-order valence-corrected chi connectivity index (χ3v) is 6.22. The van der Waals surface area contributed by atoms with Gasteiger partial charge in [0.2, 0.25) is 0 Å². The average molecular weight is 465 g/mol. The molecule has 0 spiro atoms. The Hall–Kier alpha value is -3.68. The van der Waals surface area contributed by atoms with Crippen LogP contribution in [0.3, 0.4) is 0 Å². The van der Waals surface area contributed by atoms with Gasteiger partial charge < -0.3 is 19.0 Å². The molecular weight excluding hydrogens is 438 g/mol. The van der Waals surface area contributed by atoms with Crippen molar-refractivity contribution in [2.24, 2.45) is 5.16 Å². The Morgan fingerprint density at radius 1 is 1.15 bits per heavy atom. The number of benzene rings is 2. The van der Waals surface area contributed by atoms with Crippen molar-refractivity contribution in [1.29, 1.82) is 0 Å². The number of hydrogen-bond acceptors (Lipinski definition) is 5. The van der Waals surface area contributed by atoms with Crippen LogP contribution in [0.2, 0.25) is 0 Å². The molecule has 3 aromatic rings. The molecule has 2 aliphatic heterocycles. The Morgan fingerprint density at radius 2 is 1.97 bits per heavy atom. The van der Waals surface area contributed by atoms with E-state index in [2.05, 4.69) is 21.1 Å². The summed E-state index contributed by atoms with van der Waals surface area (Å²) in [5, 5.41) is 4.40. The van der Waals surface area contributed by atoms with Crippen molar-refractivity contribution in [2.75, 3.05) is 20.3 Å². The molecule has 2 aliphatic rings. The van der Waals surface area contributed by atoms with Gasteiger partial charge in [0.25, 0.3) is 0 Å². The largest absolute Gasteiger partial charge is 0.495 e. The van der Waals surface area contributed by atoms with Gasteiger partial charge in [0, 0.05) is 25.2 Å². The number of piperidine rings is 1. The Labute approximate surface area is 197 Å². The highest BCUT2D eigenvalue weighted by atomic mass is 19.1. The van der Waals surface area contributed by atoms with E-state index in [1.165, 1.54) is 12.1 Å². The molecular formula is C26H26F2N4O2. The predicted molar refractivity (Wildman–Crippen MR) is 126 cm³/mol. The maximum Gasteiger partial charge on any atom is 0.171 e. The Balaban J connectivity index is 1.48. The molecule has 1 aromatic heterocycles. The average Bonchev–Trinajstić information content (AvgIpc) is 3.12. The van der Waals surface area contributed by atoms with Crippen LogP contribution in [-0.4, -0.2) is 40.5 Å². The molecule has 5 rings (SSSR count). The van der Waals surface area contributed by atoms with E-state index in [9.17, 15) is 8.78 Å². The summed E-state index contributed by atoms with van der Waals surface area (Å²) in [6.45, 7) is 3.06. The molecule has 0 saturated carbocycles. The van der Waals surface area contributed by atoms with Gasteiger partial charge in [-0.1, -0.05) is 11.2 Å². The lowest BCUT2D eigenvalue weighted by molar-refractivity contribution is 0.140. The number of rotatable bonds is 4. The highest BCUT2D eigenvalue weighted by Crippen LogP contribution is 2.35. The second kappa shape index (κ2) is 9.29. The van der Waals surface area contributed by atoms with E-state index in [0.29, 0.717) is 24.4 Å². The second-order valence-corrected chi connectivity index (χ2v) is 8.58. The maximum atomic E-state index is 14.0. The summed E-state index contributed by atoms with van der Waals surface area (Å²) in [5.41, 5.74) is 4.41. The van der Waals surface area contributed by atoms with Gasteiger partial charge in [-0.05, 0) is 66.8 Å². The van der Waals surface area contributed by atoms with E-state index in [1.807, 2.05) is 35.9 Å². The van der Waals surface area contributed by atoms with Crippen molar-refractivity contribution in [3.05, 3.63) is 83.0 Å². The van der Waals surface area contributed by atoms with Crippen LogP contribution < -0.4 is 4.74 Å². The summed E-state index contributed by atoms with van der Waals surface area (Å²) >= 11 is 0. The molecule has 1 saturated heterocycles. The quantitative estimate of drug-likeness (QED) is 0.517. The number of nitrogens with zero attached hydrogens (tertiary/aromatic N) is 4. The first-order valence-corrected chi connectivity index (χ1v) is 11.3. The van der Waals surface area contributed by atoms with Crippen molar-refractivity contribution in [1.82, 2.24) is 14.5 Å². The SMILES string of the molecule is COc1cc(/C=C2\CCCN3C2=NOCC[C@H]3c2cc(F)cc(F)c2)ccc1-n1cnc(C)c1. The van der Waals surface area contributed by atoms with Gasteiger partial charge in [-0.25, -0.2) is 13.8 Å². The van der Waals surface area contributed by atoms with Crippen LogP contribution >= 0.6 is 0 Å². The van der Waals surface area contributed by atoms with Crippen molar-refractivity contribution < 1.29 is 18.4 Å². The summed E-state index contributed by atoms with van der Waals surface area (Å²) in [4.78, 5) is 12.0. The molecule has 0 N–H and O–H groups in total. The summed E-state index contributed by atoms with van der Waals surface area (Å²) in [7, 11) is 1.65. The lowest BCUT2D eigenvalue weighted by Crippen LogP contribution is -2.39. The molecule has 0 amide bonds. The molecule has 6 nitrogen and oxygen atoms in total. The number of amidine groups is 1. The fraction of sp³-hybridized carbons (Fsp3) is 0.308. The smallest absolute Gasteiger partial charge is 0.171 e. The zero-order valence-electron chi connectivity index (χ0n) is 19.2. The first-order valence-electron chi connectivity index (χ1n) is 11.3. The third-order valence-electron chi connectivity index (χ3n) is 6.22.